The van der Waals surface area contributed by atoms with Crippen LogP contribution in [0.2, 0.25) is 5.02 Å². The summed E-state index contributed by atoms with van der Waals surface area (Å²) in [7, 11) is 1.90. The van der Waals surface area contributed by atoms with E-state index in [-0.39, 0.29) is 25.5 Å². The second-order valence-electron chi connectivity index (χ2n) is 8.01. The maximum absolute atomic E-state index is 13.0. The normalized spacial score (nSPS) is 18.8. The minimum absolute atomic E-state index is 0.00583. The van der Waals surface area contributed by atoms with Crippen LogP contribution in [0.3, 0.4) is 0 Å². The molecule has 1 aromatic carbocycles. The van der Waals surface area contributed by atoms with Crippen molar-refractivity contribution in [3.63, 3.8) is 0 Å². The predicted octanol–water partition coefficient (Wildman–Crippen LogP) is 2.17. The smallest absolute Gasteiger partial charge is 0.223 e. The van der Waals surface area contributed by atoms with Gasteiger partial charge in [0, 0.05) is 30.7 Å². The van der Waals surface area contributed by atoms with Gasteiger partial charge in [-0.25, -0.2) is 0 Å². The van der Waals surface area contributed by atoms with Gasteiger partial charge in [-0.1, -0.05) is 11.6 Å². The van der Waals surface area contributed by atoms with Crippen LogP contribution < -0.4 is 10.5 Å². The van der Waals surface area contributed by atoms with Crippen LogP contribution >= 0.6 is 11.6 Å². The summed E-state index contributed by atoms with van der Waals surface area (Å²) >= 11 is 5.91. The first kappa shape index (κ1) is 23.1. The number of halogens is 1. The Morgan fingerprint density at radius 2 is 2.00 bits per heavy atom. The maximum atomic E-state index is 13.0. The summed E-state index contributed by atoms with van der Waals surface area (Å²) in [5.41, 5.74) is 7.59. The second-order valence-corrected chi connectivity index (χ2v) is 8.44. The Labute approximate surface area is 187 Å². The standard InChI is InChI=1S/C22H29ClN4O4/c1-15-19(16(2)26(3)25-15)8-9-21(29)27-10-11-31-22(13-27,12-20(24)28)14-30-18-6-4-17(23)5-7-18/h4-7H,8-14H2,1-3H3,(H2,24,28)/t22-/m0/s1. The van der Waals surface area contributed by atoms with Gasteiger partial charge in [0.25, 0.3) is 0 Å². The molecule has 0 unspecified atom stereocenters. The Morgan fingerprint density at radius 3 is 2.61 bits per heavy atom. The molecule has 0 saturated carbocycles. The van der Waals surface area contributed by atoms with Gasteiger partial charge in [0.2, 0.25) is 11.8 Å². The highest BCUT2D eigenvalue weighted by atomic mass is 35.5. The fraction of sp³-hybridized carbons (Fsp3) is 0.500. The van der Waals surface area contributed by atoms with Crippen molar-refractivity contribution >= 4 is 23.4 Å². The number of aryl methyl sites for hydroxylation is 2. The lowest BCUT2D eigenvalue weighted by Crippen LogP contribution is -2.58. The third-order valence-electron chi connectivity index (χ3n) is 5.66. The molecule has 1 fully saturated rings. The molecule has 0 aliphatic carbocycles. The summed E-state index contributed by atoms with van der Waals surface area (Å²) in [5.74, 6) is 0.102. The number of nitrogens with zero attached hydrogens (tertiary/aromatic N) is 3. The van der Waals surface area contributed by atoms with Crippen LogP contribution in [0.5, 0.6) is 5.75 Å². The molecule has 168 valence electrons. The van der Waals surface area contributed by atoms with Gasteiger partial charge in [0.15, 0.2) is 0 Å². The monoisotopic (exact) mass is 448 g/mol. The summed E-state index contributed by atoms with van der Waals surface area (Å²) in [6.45, 7) is 5.07. The second kappa shape index (κ2) is 9.70. The summed E-state index contributed by atoms with van der Waals surface area (Å²) in [5, 5.41) is 5.01. The largest absolute Gasteiger partial charge is 0.490 e. The Hall–Kier alpha value is -2.58. The highest BCUT2D eigenvalue weighted by Gasteiger charge is 2.40. The zero-order chi connectivity index (χ0) is 22.6. The quantitative estimate of drug-likeness (QED) is 0.667. The number of amides is 2. The van der Waals surface area contributed by atoms with Crippen LogP contribution in [0.4, 0.5) is 0 Å². The van der Waals surface area contributed by atoms with E-state index in [0.717, 1.165) is 17.0 Å². The first-order valence-corrected chi connectivity index (χ1v) is 10.6. The summed E-state index contributed by atoms with van der Waals surface area (Å²) < 4.78 is 13.6. The van der Waals surface area contributed by atoms with Gasteiger partial charge < -0.3 is 20.1 Å². The number of hydrogen-bond donors (Lipinski definition) is 1. The molecule has 2 aromatic rings. The van der Waals surface area contributed by atoms with E-state index >= 15 is 0 Å². The van der Waals surface area contributed by atoms with Crippen LogP contribution in [0.15, 0.2) is 24.3 Å². The Kier molecular flexibility index (Phi) is 7.23. The predicted molar refractivity (Wildman–Crippen MR) is 117 cm³/mol. The van der Waals surface area contributed by atoms with Crippen molar-refractivity contribution in [1.29, 1.82) is 0 Å². The fourth-order valence-corrected chi connectivity index (χ4v) is 4.06. The third kappa shape index (κ3) is 5.77. The van der Waals surface area contributed by atoms with Gasteiger partial charge in [0.05, 0.1) is 25.3 Å². The number of morpholine rings is 1. The van der Waals surface area contributed by atoms with Gasteiger partial charge in [-0.05, 0) is 50.1 Å². The van der Waals surface area contributed by atoms with Crippen LogP contribution in [-0.2, 0) is 27.8 Å². The topological polar surface area (TPSA) is 99.7 Å². The van der Waals surface area contributed by atoms with Crippen molar-refractivity contribution in [2.75, 3.05) is 26.3 Å². The van der Waals surface area contributed by atoms with Crippen molar-refractivity contribution in [3.8, 4) is 5.75 Å². The summed E-state index contributed by atoms with van der Waals surface area (Å²) in [4.78, 5) is 26.4. The third-order valence-corrected chi connectivity index (χ3v) is 5.91. The fourth-order valence-electron chi connectivity index (χ4n) is 3.94. The molecule has 2 N–H and O–H groups in total. The molecular weight excluding hydrogens is 420 g/mol. The molecule has 8 nitrogen and oxygen atoms in total. The highest BCUT2D eigenvalue weighted by Crippen LogP contribution is 2.26. The van der Waals surface area contributed by atoms with Crippen molar-refractivity contribution in [1.82, 2.24) is 14.7 Å². The molecule has 0 spiro atoms. The molecular formula is C22H29ClN4O4. The van der Waals surface area contributed by atoms with E-state index in [1.165, 1.54) is 0 Å². The molecule has 2 amide bonds. The van der Waals surface area contributed by atoms with Crippen molar-refractivity contribution in [3.05, 3.63) is 46.2 Å². The minimum atomic E-state index is -0.987. The van der Waals surface area contributed by atoms with Crippen molar-refractivity contribution in [2.45, 2.75) is 38.7 Å². The number of carbonyl (C=O) groups excluding carboxylic acids is 2. The number of rotatable bonds is 8. The van der Waals surface area contributed by atoms with Crippen molar-refractivity contribution in [2.24, 2.45) is 12.8 Å². The first-order chi connectivity index (χ1) is 14.7. The van der Waals surface area contributed by atoms with E-state index in [2.05, 4.69) is 5.10 Å². The lowest BCUT2D eigenvalue weighted by Gasteiger charge is -2.42. The molecule has 1 atom stereocenters. The molecule has 9 heteroatoms. The Bertz CT molecular complexity index is 944. The van der Waals surface area contributed by atoms with E-state index in [4.69, 9.17) is 26.8 Å². The SMILES string of the molecule is Cc1nn(C)c(C)c1CCC(=O)N1CCO[C@@](COc2ccc(Cl)cc2)(CC(N)=O)C1. The first-order valence-electron chi connectivity index (χ1n) is 10.3. The van der Waals surface area contributed by atoms with E-state index in [9.17, 15) is 9.59 Å². The number of nitrogens with two attached hydrogens (primary N) is 1. The van der Waals surface area contributed by atoms with Gasteiger partial charge in [0.1, 0.15) is 18.0 Å². The zero-order valence-corrected chi connectivity index (χ0v) is 18.9. The molecule has 0 bridgehead atoms. The molecule has 3 rings (SSSR count). The highest BCUT2D eigenvalue weighted by molar-refractivity contribution is 6.30. The van der Waals surface area contributed by atoms with Crippen molar-refractivity contribution < 1.29 is 19.1 Å². The Morgan fingerprint density at radius 1 is 1.29 bits per heavy atom. The summed E-state index contributed by atoms with van der Waals surface area (Å²) in [6.07, 6.45) is 0.940. The van der Waals surface area contributed by atoms with Crippen LogP contribution in [0.1, 0.15) is 29.8 Å². The molecule has 2 heterocycles. The molecule has 1 aliphatic rings. The number of carbonyl (C=O) groups is 2. The van der Waals surface area contributed by atoms with E-state index in [1.807, 2.05) is 25.6 Å². The zero-order valence-electron chi connectivity index (χ0n) is 18.2. The maximum Gasteiger partial charge on any atom is 0.223 e. The van der Waals surface area contributed by atoms with E-state index < -0.39 is 11.5 Å². The molecule has 1 saturated heterocycles. The van der Waals surface area contributed by atoms with Gasteiger partial charge in [-0.2, -0.15) is 5.10 Å². The van der Waals surface area contributed by atoms with Crippen LogP contribution in [0.25, 0.3) is 0 Å². The average Bonchev–Trinajstić information content (AvgIpc) is 2.96. The van der Waals surface area contributed by atoms with Gasteiger partial charge in [-0.15, -0.1) is 0 Å². The molecule has 31 heavy (non-hydrogen) atoms. The molecule has 0 radical (unpaired) electrons. The van der Waals surface area contributed by atoms with Crippen LogP contribution in [0, 0.1) is 13.8 Å². The number of ether oxygens (including phenoxy) is 2. The number of benzene rings is 1. The molecule has 1 aliphatic heterocycles. The molecule has 1 aromatic heterocycles. The lowest BCUT2D eigenvalue weighted by atomic mass is 9.97. The average molecular weight is 449 g/mol. The van der Waals surface area contributed by atoms with E-state index in [0.29, 0.717) is 36.8 Å². The van der Waals surface area contributed by atoms with E-state index in [1.54, 1.807) is 29.2 Å². The van der Waals surface area contributed by atoms with Gasteiger partial charge >= 0.3 is 0 Å². The van der Waals surface area contributed by atoms with Crippen LogP contribution in [-0.4, -0.2) is 58.4 Å². The van der Waals surface area contributed by atoms with Gasteiger partial charge in [-0.3, -0.25) is 14.3 Å². The number of hydrogen-bond acceptors (Lipinski definition) is 5. The number of primary amides is 1. The Balaban J connectivity index is 1.66. The minimum Gasteiger partial charge on any atom is -0.490 e. The lowest BCUT2D eigenvalue weighted by molar-refractivity contribution is -0.161. The number of aromatic nitrogens is 2. The summed E-state index contributed by atoms with van der Waals surface area (Å²) in [6, 6.07) is 6.92.